The summed E-state index contributed by atoms with van der Waals surface area (Å²) in [5.74, 6) is -0.193. The first-order valence-electron chi connectivity index (χ1n) is 7.01. The van der Waals surface area contributed by atoms with E-state index in [1.54, 1.807) is 36.9 Å². The predicted molar refractivity (Wildman–Crippen MR) is 87.3 cm³/mol. The molecule has 0 fully saturated rings. The molecule has 22 heavy (non-hydrogen) atoms. The number of nitrogens with one attached hydrogen (secondary N) is 1. The van der Waals surface area contributed by atoms with Crippen LogP contribution in [-0.4, -0.2) is 15.0 Å². The molecule has 0 saturated carbocycles. The smallest absolute Gasteiger partial charge is 0.322 e. The minimum atomic E-state index is -0.193. The molecule has 0 radical (unpaired) electrons. The molecule has 1 amide bonds. The largest absolute Gasteiger partial charge is 0.328 e. The van der Waals surface area contributed by atoms with Gasteiger partial charge in [0.25, 0.3) is 5.91 Å². The van der Waals surface area contributed by atoms with E-state index in [0.29, 0.717) is 5.56 Å². The lowest BCUT2D eigenvalue weighted by Crippen LogP contribution is -2.19. The van der Waals surface area contributed by atoms with Crippen LogP contribution in [0.4, 0.5) is 5.69 Å². The van der Waals surface area contributed by atoms with Crippen molar-refractivity contribution < 1.29 is 4.79 Å². The van der Waals surface area contributed by atoms with Crippen molar-refractivity contribution in [2.45, 2.75) is 6.92 Å². The Kier molecular flexibility index (Phi) is 3.33. The lowest BCUT2D eigenvalue weighted by atomic mass is 10.1. The summed E-state index contributed by atoms with van der Waals surface area (Å²) in [6.07, 6.45) is 0. The Morgan fingerprint density at radius 2 is 1.59 bits per heavy atom. The molecule has 0 saturated heterocycles. The maximum atomic E-state index is 12.3. The first kappa shape index (κ1) is 14.1. The van der Waals surface area contributed by atoms with E-state index in [1.165, 1.54) is 4.57 Å². The summed E-state index contributed by atoms with van der Waals surface area (Å²) < 4.78 is 3.11. The molecule has 5 heteroatoms. The van der Waals surface area contributed by atoms with Gasteiger partial charge in [0.2, 0.25) is 0 Å². The zero-order valence-corrected chi connectivity index (χ0v) is 12.8. The summed E-state index contributed by atoms with van der Waals surface area (Å²) >= 11 is 0. The first-order valence-corrected chi connectivity index (χ1v) is 7.01. The van der Waals surface area contributed by atoms with Crippen molar-refractivity contribution in [2.75, 3.05) is 5.32 Å². The molecule has 1 aromatic heterocycles. The second-order valence-corrected chi connectivity index (χ2v) is 5.42. The number of carbonyl (C=O) groups is 1. The normalized spacial score (nSPS) is 10.9. The van der Waals surface area contributed by atoms with Crippen LogP contribution < -0.4 is 11.0 Å². The van der Waals surface area contributed by atoms with Crippen LogP contribution in [0.3, 0.4) is 0 Å². The SMILES string of the molecule is Cc1ccc(NC(=O)c2ccc3c(c2)n(C)c(=O)n3C)cc1. The Hall–Kier alpha value is -2.82. The second-order valence-electron chi connectivity index (χ2n) is 5.42. The van der Waals surface area contributed by atoms with Gasteiger partial charge in [-0.1, -0.05) is 17.7 Å². The van der Waals surface area contributed by atoms with E-state index in [1.807, 2.05) is 31.2 Å². The van der Waals surface area contributed by atoms with Crippen molar-refractivity contribution in [3.8, 4) is 0 Å². The fourth-order valence-corrected chi connectivity index (χ4v) is 2.49. The van der Waals surface area contributed by atoms with Crippen LogP contribution in [0.25, 0.3) is 11.0 Å². The maximum absolute atomic E-state index is 12.3. The number of aryl methyl sites for hydroxylation is 3. The minimum Gasteiger partial charge on any atom is -0.322 e. The molecule has 3 aromatic rings. The van der Waals surface area contributed by atoms with Crippen LogP contribution >= 0.6 is 0 Å². The molecular formula is C17H17N3O2. The van der Waals surface area contributed by atoms with Crippen LogP contribution in [0, 0.1) is 6.92 Å². The number of carbonyl (C=O) groups excluding carboxylic acids is 1. The van der Waals surface area contributed by atoms with Crippen LogP contribution in [0.15, 0.2) is 47.3 Å². The number of fused-ring (bicyclic) bond motifs is 1. The van der Waals surface area contributed by atoms with Gasteiger partial charge in [-0.2, -0.15) is 0 Å². The fraction of sp³-hybridized carbons (Fsp3) is 0.176. The molecule has 3 rings (SSSR count). The van der Waals surface area contributed by atoms with Gasteiger partial charge < -0.3 is 5.32 Å². The molecule has 1 heterocycles. The van der Waals surface area contributed by atoms with Crippen LogP contribution in [-0.2, 0) is 14.1 Å². The first-order chi connectivity index (χ1) is 10.5. The van der Waals surface area contributed by atoms with Gasteiger partial charge in [0.1, 0.15) is 0 Å². The zero-order chi connectivity index (χ0) is 15.9. The maximum Gasteiger partial charge on any atom is 0.328 e. The Morgan fingerprint density at radius 1 is 0.955 bits per heavy atom. The summed E-state index contributed by atoms with van der Waals surface area (Å²) in [5.41, 5.74) is 3.85. The highest BCUT2D eigenvalue weighted by atomic mass is 16.2. The van der Waals surface area contributed by atoms with Crippen molar-refractivity contribution in [3.05, 3.63) is 64.1 Å². The number of nitrogens with zero attached hydrogens (tertiary/aromatic N) is 2. The van der Waals surface area contributed by atoms with Gasteiger partial charge in [0.05, 0.1) is 11.0 Å². The lowest BCUT2D eigenvalue weighted by molar-refractivity contribution is 0.102. The summed E-state index contributed by atoms with van der Waals surface area (Å²) in [5, 5.41) is 2.86. The molecule has 0 unspecified atom stereocenters. The number of aromatic nitrogens is 2. The van der Waals surface area contributed by atoms with Gasteiger partial charge in [0.15, 0.2) is 0 Å². The summed E-state index contributed by atoms with van der Waals surface area (Å²) in [7, 11) is 3.42. The third-order valence-corrected chi connectivity index (χ3v) is 3.84. The average Bonchev–Trinajstić information content (AvgIpc) is 2.74. The number of hydrogen-bond acceptors (Lipinski definition) is 2. The molecule has 2 aromatic carbocycles. The molecule has 1 N–H and O–H groups in total. The molecule has 0 bridgehead atoms. The predicted octanol–water partition coefficient (Wildman–Crippen LogP) is 2.44. The quantitative estimate of drug-likeness (QED) is 0.789. The monoisotopic (exact) mass is 295 g/mol. The van der Waals surface area contributed by atoms with Gasteiger partial charge in [0, 0.05) is 25.3 Å². The number of anilines is 1. The Morgan fingerprint density at radius 3 is 2.27 bits per heavy atom. The van der Waals surface area contributed by atoms with Gasteiger partial charge in [-0.05, 0) is 37.3 Å². The third-order valence-electron chi connectivity index (χ3n) is 3.84. The minimum absolute atomic E-state index is 0.105. The molecule has 5 nitrogen and oxygen atoms in total. The van der Waals surface area contributed by atoms with Crippen LogP contribution in [0.2, 0.25) is 0 Å². The van der Waals surface area contributed by atoms with Gasteiger partial charge in [-0.15, -0.1) is 0 Å². The molecule has 112 valence electrons. The van der Waals surface area contributed by atoms with E-state index in [4.69, 9.17) is 0 Å². The van der Waals surface area contributed by atoms with Crippen LogP contribution in [0.5, 0.6) is 0 Å². The Labute approximate surface area is 127 Å². The number of imidazole rings is 1. The zero-order valence-electron chi connectivity index (χ0n) is 12.8. The van der Waals surface area contributed by atoms with Gasteiger partial charge in [-0.25, -0.2) is 4.79 Å². The highest BCUT2D eigenvalue weighted by Gasteiger charge is 2.12. The summed E-state index contributed by atoms with van der Waals surface area (Å²) in [6.45, 7) is 2.00. The van der Waals surface area contributed by atoms with Crippen molar-refractivity contribution in [1.29, 1.82) is 0 Å². The van der Waals surface area contributed by atoms with E-state index in [2.05, 4.69) is 5.32 Å². The molecular weight excluding hydrogens is 278 g/mol. The summed E-state index contributed by atoms with van der Waals surface area (Å²) in [4.78, 5) is 24.3. The Balaban J connectivity index is 1.96. The van der Waals surface area contributed by atoms with Crippen molar-refractivity contribution in [1.82, 2.24) is 9.13 Å². The Bertz CT molecular complexity index is 917. The van der Waals surface area contributed by atoms with E-state index in [0.717, 1.165) is 22.3 Å². The molecule has 0 atom stereocenters. The number of amides is 1. The second kappa shape index (κ2) is 5.18. The number of hydrogen-bond donors (Lipinski definition) is 1. The highest BCUT2D eigenvalue weighted by molar-refractivity contribution is 6.06. The van der Waals surface area contributed by atoms with Gasteiger partial charge in [-0.3, -0.25) is 13.9 Å². The number of rotatable bonds is 2. The topological polar surface area (TPSA) is 56.0 Å². The molecule has 0 aliphatic rings. The van der Waals surface area contributed by atoms with Gasteiger partial charge >= 0.3 is 5.69 Å². The lowest BCUT2D eigenvalue weighted by Gasteiger charge is -2.06. The van der Waals surface area contributed by atoms with E-state index < -0.39 is 0 Å². The van der Waals surface area contributed by atoms with E-state index in [9.17, 15) is 9.59 Å². The van der Waals surface area contributed by atoms with Crippen molar-refractivity contribution in [2.24, 2.45) is 14.1 Å². The molecule has 0 spiro atoms. The third kappa shape index (κ3) is 2.30. The fourth-order valence-electron chi connectivity index (χ4n) is 2.49. The van der Waals surface area contributed by atoms with Crippen LogP contribution in [0.1, 0.15) is 15.9 Å². The van der Waals surface area contributed by atoms with E-state index >= 15 is 0 Å². The van der Waals surface area contributed by atoms with E-state index in [-0.39, 0.29) is 11.6 Å². The molecule has 0 aliphatic carbocycles. The van der Waals surface area contributed by atoms with Crippen molar-refractivity contribution >= 4 is 22.6 Å². The molecule has 0 aliphatic heterocycles. The van der Waals surface area contributed by atoms with Crippen molar-refractivity contribution in [3.63, 3.8) is 0 Å². The highest BCUT2D eigenvalue weighted by Crippen LogP contribution is 2.16. The summed E-state index contributed by atoms with van der Waals surface area (Å²) in [6, 6.07) is 12.9. The average molecular weight is 295 g/mol. The standard InChI is InChI=1S/C17H17N3O2/c1-11-4-7-13(8-5-11)18-16(21)12-6-9-14-15(10-12)20(3)17(22)19(14)2/h4-10H,1-3H3,(H,18,21). The number of benzene rings is 2.